The first-order chi connectivity index (χ1) is 8.80. The Morgan fingerprint density at radius 2 is 1.95 bits per heavy atom. The number of likely N-dealkylation sites (tertiary alicyclic amines) is 1. The minimum Gasteiger partial charge on any atom is -0.481 e. The molecule has 0 aromatic heterocycles. The number of carboxylic acids is 1. The zero-order valence-electron chi connectivity index (χ0n) is 10.0. The number of ether oxygens (including phenoxy) is 1. The number of halogens is 3. The zero-order valence-corrected chi connectivity index (χ0v) is 10.0. The van der Waals surface area contributed by atoms with Crippen LogP contribution in [0.25, 0.3) is 0 Å². The van der Waals surface area contributed by atoms with Crippen LogP contribution in [0.15, 0.2) is 0 Å². The van der Waals surface area contributed by atoms with Crippen molar-refractivity contribution < 1.29 is 32.6 Å². The molecule has 2 aliphatic heterocycles. The van der Waals surface area contributed by atoms with Crippen LogP contribution in [-0.4, -0.2) is 53.9 Å². The topological polar surface area (TPSA) is 66.8 Å². The number of hydrogen-bond acceptors (Lipinski definition) is 3. The van der Waals surface area contributed by atoms with Crippen molar-refractivity contribution >= 4 is 11.9 Å². The monoisotopic (exact) mass is 281 g/mol. The maximum Gasteiger partial charge on any atom is 0.394 e. The summed E-state index contributed by atoms with van der Waals surface area (Å²) < 4.78 is 43.4. The Morgan fingerprint density at radius 1 is 1.26 bits per heavy atom. The van der Waals surface area contributed by atoms with Crippen LogP contribution in [0, 0.1) is 11.8 Å². The van der Waals surface area contributed by atoms with E-state index >= 15 is 0 Å². The van der Waals surface area contributed by atoms with E-state index in [0.29, 0.717) is 19.4 Å². The molecule has 2 heterocycles. The van der Waals surface area contributed by atoms with Crippen molar-refractivity contribution in [3.8, 4) is 0 Å². The first-order valence-electron chi connectivity index (χ1n) is 6.00. The van der Waals surface area contributed by atoms with Crippen molar-refractivity contribution in [1.29, 1.82) is 0 Å². The third kappa shape index (κ3) is 2.83. The van der Waals surface area contributed by atoms with Gasteiger partial charge in [0.1, 0.15) is 6.10 Å². The molecule has 0 aromatic carbocycles. The van der Waals surface area contributed by atoms with E-state index in [1.165, 1.54) is 0 Å². The molecule has 1 unspecified atom stereocenters. The third-order valence-electron chi connectivity index (χ3n) is 3.57. The number of carbonyl (C=O) groups is 2. The summed E-state index contributed by atoms with van der Waals surface area (Å²) in [4.78, 5) is 23.8. The van der Waals surface area contributed by atoms with Gasteiger partial charge in [-0.2, -0.15) is 13.2 Å². The van der Waals surface area contributed by atoms with Gasteiger partial charge < -0.3 is 14.7 Å². The van der Waals surface area contributed by atoms with E-state index in [2.05, 4.69) is 0 Å². The molecule has 8 heteroatoms. The molecule has 2 aliphatic rings. The van der Waals surface area contributed by atoms with Crippen molar-refractivity contribution in [3.05, 3.63) is 0 Å². The highest BCUT2D eigenvalue weighted by atomic mass is 19.4. The van der Waals surface area contributed by atoms with Crippen LogP contribution in [0.3, 0.4) is 0 Å². The summed E-state index contributed by atoms with van der Waals surface area (Å²) in [6.45, 7) is -0.591. The van der Waals surface area contributed by atoms with Crippen LogP contribution in [0.1, 0.15) is 12.8 Å². The molecule has 1 N–H and O–H groups in total. The summed E-state index contributed by atoms with van der Waals surface area (Å²) in [6.07, 6.45) is -4.17. The van der Waals surface area contributed by atoms with Crippen molar-refractivity contribution in [1.82, 2.24) is 4.90 Å². The Labute approximate surface area is 107 Å². The van der Waals surface area contributed by atoms with E-state index in [1.54, 1.807) is 0 Å². The number of aliphatic carboxylic acids is 1. The molecule has 19 heavy (non-hydrogen) atoms. The lowest BCUT2D eigenvalue weighted by molar-refractivity contribution is -0.188. The first-order valence-corrected chi connectivity index (χ1v) is 6.00. The highest BCUT2D eigenvalue weighted by Crippen LogP contribution is 2.38. The van der Waals surface area contributed by atoms with Crippen LogP contribution in [0.4, 0.5) is 13.2 Å². The van der Waals surface area contributed by atoms with Crippen molar-refractivity contribution in [2.45, 2.75) is 25.1 Å². The number of carboxylic acid groups (broad SMARTS) is 1. The average Bonchev–Trinajstić information content (AvgIpc) is 2.96. The molecule has 2 rings (SSSR count). The number of alkyl halides is 3. The van der Waals surface area contributed by atoms with Gasteiger partial charge in [0.2, 0.25) is 0 Å². The Bertz CT molecular complexity index is 379. The Kier molecular flexibility index (Phi) is 3.71. The van der Waals surface area contributed by atoms with Gasteiger partial charge in [-0.05, 0) is 12.8 Å². The van der Waals surface area contributed by atoms with Gasteiger partial charge in [-0.1, -0.05) is 0 Å². The van der Waals surface area contributed by atoms with E-state index < -0.39 is 49.1 Å². The number of hydrogen-bond donors (Lipinski definition) is 1. The molecule has 0 radical (unpaired) electrons. The summed E-state index contributed by atoms with van der Waals surface area (Å²) in [5.41, 5.74) is 0. The van der Waals surface area contributed by atoms with Gasteiger partial charge in [-0.15, -0.1) is 0 Å². The quantitative estimate of drug-likeness (QED) is 0.816. The lowest BCUT2D eigenvalue weighted by Gasteiger charge is -2.20. The summed E-state index contributed by atoms with van der Waals surface area (Å²) >= 11 is 0. The summed E-state index contributed by atoms with van der Waals surface area (Å²) in [5.74, 6) is -5.65. The van der Waals surface area contributed by atoms with E-state index in [4.69, 9.17) is 9.84 Å². The molecule has 0 aliphatic carbocycles. The van der Waals surface area contributed by atoms with Gasteiger partial charge >= 0.3 is 12.1 Å². The normalized spacial score (nSPS) is 31.7. The van der Waals surface area contributed by atoms with Gasteiger partial charge in [0.05, 0.1) is 11.8 Å². The van der Waals surface area contributed by atoms with Crippen molar-refractivity contribution in [2.75, 3.05) is 19.7 Å². The maximum absolute atomic E-state index is 12.8. The van der Waals surface area contributed by atoms with Gasteiger partial charge in [0, 0.05) is 19.7 Å². The third-order valence-corrected chi connectivity index (χ3v) is 3.57. The first kappa shape index (κ1) is 14.1. The molecule has 1 amide bonds. The molecule has 0 saturated carbocycles. The number of amides is 1. The Hall–Kier alpha value is -1.31. The fourth-order valence-corrected chi connectivity index (χ4v) is 2.54. The van der Waals surface area contributed by atoms with Gasteiger partial charge in [-0.3, -0.25) is 9.59 Å². The number of nitrogens with zero attached hydrogens (tertiary/aromatic N) is 1. The molecular formula is C11H14F3NO4. The van der Waals surface area contributed by atoms with Gasteiger partial charge in [0.25, 0.3) is 5.91 Å². The van der Waals surface area contributed by atoms with Crippen molar-refractivity contribution in [3.63, 3.8) is 0 Å². The predicted molar refractivity (Wildman–Crippen MR) is 56.2 cm³/mol. The standard InChI is InChI=1S/C11H14F3NO4/c12-11(13,14)7-5-15(4-6(7)10(17)18)9(16)8-2-1-3-19-8/h6-8H,1-5H2,(H,17,18)/t6-,7-,8?/m1/s1. The maximum atomic E-state index is 12.8. The van der Waals surface area contributed by atoms with E-state index in [1.807, 2.05) is 0 Å². The van der Waals surface area contributed by atoms with Crippen LogP contribution >= 0.6 is 0 Å². The second kappa shape index (κ2) is 4.99. The Morgan fingerprint density at radius 3 is 2.37 bits per heavy atom. The van der Waals surface area contributed by atoms with E-state index in [0.717, 1.165) is 4.90 Å². The minimum absolute atomic E-state index is 0.405. The summed E-state index contributed by atoms with van der Waals surface area (Å²) in [5, 5.41) is 8.84. The predicted octanol–water partition coefficient (Wildman–Crippen LogP) is 0.887. The highest BCUT2D eigenvalue weighted by molar-refractivity contribution is 5.83. The molecule has 2 saturated heterocycles. The molecule has 0 spiro atoms. The molecule has 108 valence electrons. The van der Waals surface area contributed by atoms with Gasteiger partial charge in [-0.25, -0.2) is 0 Å². The van der Waals surface area contributed by atoms with Crippen LogP contribution in [0.5, 0.6) is 0 Å². The Balaban J connectivity index is 2.09. The number of rotatable bonds is 2. The van der Waals surface area contributed by atoms with Crippen LogP contribution in [0.2, 0.25) is 0 Å². The highest BCUT2D eigenvalue weighted by Gasteiger charge is 2.54. The molecule has 2 fully saturated rings. The fourth-order valence-electron chi connectivity index (χ4n) is 2.54. The fraction of sp³-hybridized carbons (Fsp3) is 0.818. The minimum atomic E-state index is -4.62. The largest absolute Gasteiger partial charge is 0.481 e. The summed E-state index contributed by atoms with van der Waals surface area (Å²) in [7, 11) is 0. The lowest BCUT2D eigenvalue weighted by atomic mass is 9.96. The SMILES string of the molecule is O=C(O)[C@@H]1CN(C(=O)C2CCCO2)C[C@H]1C(F)(F)F. The van der Waals surface area contributed by atoms with Crippen molar-refractivity contribution in [2.24, 2.45) is 11.8 Å². The van der Waals surface area contributed by atoms with Crippen LogP contribution in [-0.2, 0) is 14.3 Å². The van der Waals surface area contributed by atoms with Gasteiger partial charge in [0.15, 0.2) is 0 Å². The summed E-state index contributed by atoms with van der Waals surface area (Å²) in [6, 6.07) is 0. The lowest BCUT2D eigenvalue weighted by Crippen LogP contribution is -2.38. The molecular weight excluding hydrogens is 267 g/mol. The second-order valence-corrected chi connectivity index (χ2v) is 4.84. The number of carbonyl (C=O) groups excluding carboxylic acids is 1. The molecule has 5 nitrogen and oxygen atoms in total. The van der Waals surface area contributed by atoms with E-state index in [-0.39, 0.29) is 0 Å². The average molecular weight is 281 g/mol. The molecule has 0 aromatic rings. The van der Waals surface area contributed by atoms with E-state index in [9.17, 15) is 22.8 Å². The zero-order chi connectivity index (χ0) is 14.2. The smallest absolute Gasteiger partial charge is 0.394 e. The molecule has 3 atom stereocenters. The molecule has 0 bridgehead atoms. The second-order valence-electron chi connectivity index (χ2n) is 4.84. The van der Waals surface area contributed by atoms with Crippen LogP contribution < -0.4 is 0 Å².